The lowest BCUT2D eigenvalue weighted by Crippen LogP contribution is -2.20. The molecule has 5 heteroatoms. The summed E-state index contributed by atoms with van der Waals surface area (Å²) in [5.41, 5.74) is 0.513. The number of nitrogens with zero attached hydrogens (tertiary/aromatic N) is 1. The third-order valence-corrected chi connectivity index (χ3v) is 2.87. The van der Waals surface area contributed by atoms with E-state index in [2.05, 4.69) is 22.0 Å². The molecule has 0 unspecified atom stereocenters. The minimum atomic E-state index is -0.254. The van der Waals surface area contributed by atoms with Gasteiger partial charge in [0.15, 0.2) is 6.29 Å². The van der Waals surface area contributed by atoms with Gasteiger partial charge in [-0.1, -0.05) is 15.9 Å². The molecule has 0 atom stereocenters. The van der Waals surface area contributed by atoms with Crippen LogP contribution in [0.25, 0.3) is 0 Å². The smallest absolute Gasteiger partial charge is 0.160 e. The van der Waals surface area contributed by atoms with Gasteiger partial charge in [0.2, 0.25) is 0 Å². The molecule has 0 aliphatic heterocycles. The Morgan fingerprint density at radius 2 is 1.95 bits per heavy atom. The molecular formula is C14H18BrNO3. The minimum absolute atomic E-state index is 0.254. The highest BCUT2D eigenvalue weighted by atomic mass is 79.9. The molecule has 0 bridgehead atoms. The van der Waals surface area contributed by atoms with Crippen LogP contribution in [0.2, 0.25) is 0 Å². The highest BCUT2D eigenvalue weighted by Crippen LogP contribution is 2.22. The van der Waals surface area contributed by atoms with Crippen LogP contribution in [-0.2, 0) is 9.47 Å². The Balaban J connectivity index is 2.50. The van der Waals surface area contributed by atoms with Gasteiger partial charge in [-0.25, -0.2) is 0 Å². The first-order chi connectivity index (χ1) is 9.21. The van der Waals surface area contributed by atoms with Crippen LogP contribution < -0.4 is 4.74 Å². The molecule has 104 valence electrons. The number of nitriles is 1. The van der Waals surface area contributed by atoms with E-state index in [1.807, 2.05) is 19.9 Å². The molecule has 19 heavy (non-hydrogen) atoms. The molecule has 0 aliphatic carbocycles. The molecule has 0 saturated carbocycles. The van der Waals surface area contributed by atoms with E-state index >= 15 is 0 Å². The Labute approximate surface area is 122 Å². The predicted molar refractivity (Wildman–Crippen MR) is 76.0 cm³/mol. The standard InChI is InChI=1S/C14H18BrNO3/c1-3-17-14(18-4-2)7-8-19-13-6-5-12(15)9-11(13)10-16/h5-6,9,14H,3-4,7-8H2,1-2H3. The van der Waals surface area contributed by atoms with Gasteiger partial charge >= 0.3 is 0 Å². The van der Waals surface area contributed by atoms with E-state index in [1.54, 1.807) is 12.1 Å². The average molecular weight is 328 g/mol. The van der Waals surface area contributed by atoms with Crippen molar-refractivity contribution in [2.75, 3.05) is 19.8 Å². The van der Waals surface area contributed by atoms with Crippen LogP contribution in [-0.4, -0.2) is 26.1 Å². The predicted octanol–water partition coefficient (Wildman–Crippen LogP) is 3.49. The van der Waals surface area contributed by atoms with Gasteiger partial charge in [-0.05, 0) is 32.0 Å². The van der Waals surface area contributed by atoms with E-state index in [-0.39, 0.29) is 6.29 Å². The Morgan fingerprint density at radius 3 is 2.53 bits per heavy atom. The summed E-state index contributed by atoms with van der Waals surface area (Å²) in [5.74, 6) is 0.581. The third-order valence-electron chi connectivity index (χ3n) is 2.38. The molecule has 4 nitrogen and oxygen atoms in total. The fraction of sp³-hybridized carbons (Fsp3) is 0.500. The summed E-state index contributed by atoms with van der Waals surface area (Å²) < 4.78 is 17.3. The van der Waals surface area contributed by atoms with Gasteiger partial charge in [0.05, 0.1) is 12.2 Å². The molecule has 0 spiro atoms. The molecule has 0 saturated heterocycles. The third kappa shape index (κ3) is 5.60. The summed E-state index contributed by atoms with van der Waals surface area (Å²) in [6.45, 7) is 5.50. The van der Waals surface area contributed by atoms with Gasteiger partial charge in [-0.3, -0.25) is 0 Å². The van der Waals surface area contributed by atoms with Crippen molar-refractivity contribution >= 4 is 15.9 Å². The van der Waals surface area contributed by atoms with E-state index in [4.69, 9.17) is 19.5 Å². The van der Waals surface area contributed by atoms with E-state index in [9.17, 15) is 0 Å². The van der Waals surface area contributed by atoms with Gasteiger partial charge in [-0.2, -0.15) is 5.26 Å². The van der Waals surface area contributed by atoms with E-state index in [1.165, 1.54) is 0 Å². The van der Waals surface area contributed by atoms with Crippen LogP contribution in [0.15, 0.2) is 22.7 Å². The second-order valence-electron chi connectivity index (χ2n) is 3.73. The highest BCUT2D eigenvalue weighted by Gasteiger charge is 2.09. The van der Waals surface area contributed by atoms with Crippen LogP contribution in [0.4, 0.5) is 0 Å². The quantitative estimate of drug-likeness (QED) is 0.686. The molecule has 0 heterocycles. The van der Waals surface area contributed by atoms with Crippen molar-refractivity contribution in [3.8, 4) is 11.8 Å². The van der Waals surface area contributed by atoms with Gasteiger partial charge < -0.3 is 14.2 Å². The fourth-order valence-electron chi connectivity index (χ4n) is 1.57. The number of rotatable bonds is 8. The molecular weight excluding hydrogens is 310 g/mol. The summed E-state index contributed by atoms with van der Waals surface area (Å²) >= 11 is 3.32. The van der Waals surface area contributed by atoms with Gasteiger partial charge in [0.1, 0.15) is 11.8 Å². The molecule has 0 aliphatic rings. The molecule has 1 aromatic carbocycles. The molecule has 0 N–H and O–H groups in total. The first kappa shape index (κ1) is 16.0. The molecule has 0 amide bonds. The Morgan fingerprint density at radius 1 is 1.26 bits per heavy atom. The zero-order valence-corrected chi connectivity index (χ0v) is 12.8. The van der Waals surface area contributed by atoms with Crippen molar-refractivity contribution in [1.29, 1.82) is 5.26 Å². The van der Waals surface area contributed by atoms with Gasteiger partial charge in [-0.15, -0.1) is 0 Å². The molecule has 1 aromatic rings. The van der Waals surface area contributed by atoms with E-state index in [0.717, 1.165) is 4.47 Å². The van der Waals surface area contributed by atoms with E-state index < -0.39 is 0 Å². The minimum Gasteiger partial charge on any atom is -0.492 e. The van der Waals surface area contributed by atoms with Crippen LogP contribution in [0.5, 0.6) is 5.75 Å². The lowest BCUT2D eigenvalue weighted by molar-refractivity contribution is -0.142. The van der Waals surface area contributed by atoms with Crippen molar-refractivity contribution in [1.82, 2.24) is 0 Å². The second kappa shape index (κ2) is 8.92. The highest BCUT2D eigenvalue weighted by molar-refractivity contribution is 9.10. The first-order valence-electron chi connectivity index (χ1n) is 6.26. The zero-order chi connectivity index (χ0) is 14.1. The molecule has 0 fully saturated rings. The van der Waals surface area contributed by atoms with Crippen molar-refractivity contribution < 1.29 is 14.2 Å². The number of ether oxygens (including phenoxy) is 3. The summed E-state index contributed by atoms with van der Waals surface area (Å²) in [4.78, 5) is 0. The summed E-state index contributed by atoms with van der Waals surface area (Å²) in [5, 5.41) is 9.02. The van der Waals surface area contributed by atoms with E-state index in [0.29, 0.717) is 37.6 Å². The number of halogens is 1. The first-order valence-corrected chi connectivity index (χ1v) is 7.06. The number of hydrogen-bond donors (Lipinski definition) is 0. The zero-order valence-electron chi connectivity index (χ0n) is 11.2. The number of hydrogen-bond acceptors (Lipinski definition) is 4. The maximum Gasteiger partial charge on any atom is 0.160 e. The maximum atomic E-state index is 9.02. The average Bonchev–Trinajstić information content (AvgIpc) is 2.40. The van der Waals surface area contributed by atoms with Crippen LogP contribution in [0.1, 0.15) is 25.8 Å². The summed E-state index contributed by atoms with van der Waals surface area (Å²) in [6, 6.07) is 7.46. The van der Waals surface area contributed by atoms with Crippen LogP contribution in [0.3, 0.4) is 0 Å². The largest absolute Gasteiger partial charge is 0.492 e. The Bertz CT molecular complexity index is 425. The van der Waals surface area contributed by atoms with Crippen molar-refractivity contribution in [3.05, 3.63) is 28.2 Å². The molecule has 0 radical (unpaired) electrons. The van der Waals surface area contributed by atoms with Gasteiger partial charge in [0, 0.05) is 24.1 Å². The lowest BCUT2D eigenvalue weighted by atomic mass is 10.2. The lowest BCUT2D eigenvalue weighted by Gasteiger charge is -2.17. The van der Waals surface area contributed by atoms with Gasteiger partial charge in [0.25, 0.3) is 0 Å². The maximum absolute atomic E-state index is 9.02. The number of benzene rings is 1. The van der Waals surface area contributed by atoms with Crippen molar-refractivity contribution in [2.45, 2.75) is 26.6 Å². The molecule has 1 rings (SSSR count). The normalized spacial score (nSPS) is 10.5. The van der Waals surface area contributed by atoms with Crippen molar-refractivity contribution in [2.24, 2.45) is 0 Å². The second-order valence-corrected chi connectivity index (χ2v) is 4.65. The van der Waals surface area contributed by atoms with Crippen LogP contribution >= 0.6 is 15.9 Å². The van der Waals surface area contributed by atoms with Crippen LogP contribution in [0, 0.1) is 11.3 Å². The Hall–Kier alpha value is -1.09. The monoisotopic (exact) mass is 327 g/mol. The molecule has 0 aromatic heterocycles. The Kier molecular flexibility index (Phi) is 7.49. The fourth-order valence-corrected chi connectivity index (χ4v) is 1.93. The summed E-state index contributed by atoms with van der Waals surface area (Å²) in [6.07, 6.45) is 0.374. The van der Waals surface area contributed by atoms with Crippen molar-refractivity contribution in [3.63, 3.8) is 0 Å². The summed E-state index contributed by atoms with van der Waals surface area (Å²) in [7, 11) is 0. The topological polar surface area (TPSA) is 51.5 Å². The SMILES string of the molecule is CCOC(CCOc1ccc(Br)cc1C#N)OCC.